The van der Waals surface area contributed by atoms with Crippen LogP contribution in [0.4, 0.5) is 13.2 Å². The van der Waals surface area contributed by atoms with Crippen molar-refractivity contribution < 1.29 is 27.8 Å². The summed E-state index contributed by atoms with van der Waals surface area (Å²) in [6, 6.07) is 4.88. The van der Waals surface area contributed by atoms with Crippen LogP contribution in [0, 0.1) is 0 Å². The quantitative estimate of drug-likeness (QED) is 0.914. The zero-order valence-electron chi connectivity index (χ0n) is 10.0. The first-order valence-corrected chi connectivity index (χ1v) is 5.89. The predicted octanol–water partition coefficient (Wildman–Crippen LogP) is 3.48. The molecule has 0 saturated heterocycles. The summed E-state index contributed by atoms with van der Waals surface area (Å²) in [4.78, 5) is 10.8. The Balaban J connectivity index is 2.25. The molecular formula is C13H13F3O3. The molecule has 0 heterocycles. The van der Waals surface area contributed by atoms with Gasteiger partial charge in [-0.2, -0.15) is 13.2 Å². The maximum Gasteiger partial charge on any atom is 0.419 e. The number of hydrogen-bond acceptors (Lipinski definition) is 2. The van der Waals surface area contributed by atoms with Gasteiger partial charge in [-0.3, -0.25) is 4.79 Å². The number of para-hydroxylation sites is 1. The summed E-state index contributed by atoms with van der Waals surface area (Å²) in [5.74, 6) is -1.36. The van der Waals surface area contributed by atoms with E-state index in [0.29, 0.717) is 12.8 Å². The molecule has 6 heteroatoms. The Morgan fingerprint density at radius 2 is 1.95 bits per heavy atom. The number of alkyl halides is 3. The lowest BCUT2D eigenvalue weighted by Gasteiger charge is -2.41. The van der Waals surface area contributed by atoms with Gasteiger partial charge in [0.2, 0.25) is 0 Å². The van der Waals surface area contributed by atoms with Crippen LogP contribution < -0.4 is 4.74 Å². The van der Waals surface area contributed by atoms with Crippen LogP contribution in [-0.4, -0.2) is 16.7 Å². The molecule has 1 saturated carbocycles. The molecule has 1 aromatic carbocycles. The van der Waals surface area contributed by atoms with Crippen LogP contribution in [0.1, 0.15) is 31.2 Å². The molecule has 104 valence electrons. The number of carboxylic acid groups (broad SMARTS) is 1. The number of ether oxygens (including phenoxy) is 1. The van der Waals surface area contributed by atoms with E-state index < -0.39 is 23.3 Å². The fourth-order valence-electron chi connectivity index (χ4n) is 2.18. The second-order valence-corrected chi connectivity index (χ2v) is 4.70. The van der Waals surface area contributed by atoms with Gasteiger partial charge in [0, 0.05) is 0 Å². The highest BCUT2D eigenvalue weighted by Gasteiger charge is 2.43. The highest BCUT2D eigenvalue weighted by molar-refractivity contribution is 5.68. The first-order valence-electron chi connectivity index (χ1n) is 5.89. The van der Waals surface area contributed by atoms with Gasteiger partial charge in [-0.15, -0.1) is 0 Å². The Bertz CT molecular complexity index is 478. The summed E-state index contributed by atoms with van der Waals surface area (Å²) < 4.78 is 43.8. The van der Waals surface area contributed by atoms with Crippen LogP contribution in [0.25, 0.3) is 0 Å². The molecule has 3 nitrogen and oxygen atoms in total. The van der Waals surface area contributed by atoms with E-state index in [1.807, 2.05) is 0 Å². The second-order valence-electron chi connectivity index (χ2n) is 4.70. The fourth-order valence-corrected chi connectivity index (χ4v) is 2.18. The van der Waals surface area contributed by atoms with E-state index >= 15 is 0 Å². The molecule has 1 fully saturated rings. The Morgan fingerprint density at radius 1 is 1.32 bits per heavy atom. The first-order chi connectivity index (χ1) is 8.82. The number of benzene rings is 1. The maximum atomic E-state index is 12.8. The zero-order valence-corrected chi connectivity index (χ0v) is 10.0. The van der Waals surface area contributed by atoms with Gasteiger partial charge in [-0.1, -0.05) is 12.1 Å². The second kappa shape index (κ2) is 4.75. The minimum absolute atomic E-state index is 0.279. The number of aliphatic carboxylic acids is 1. The van der Waals surface area contributed by atoms with E-state index in [1.54, 1.807) is 0 Å². The van der Waals surface area contributed by atoms with Crippen LogP contribution in [-0.2, 0) is 11.0 Å². The third kappa shape index (κ3) is 3.00. The van der Waals surface area contributed by atoms with Crippen molar-refractivity contribution >= 4 is 5.97 Å². The lowest BCUT2D eigenvalue weighted by atomic mass is 9.77. The summed E-state index contributed by atoms with van der Waals surface area (Å²) in [7, 11) is 0. The van der Waals surface area contributed by atoms with Crippen molar-refractivity contribution in [3.8, 4) is 5.75 Å². The molecule has 0 unspecified atom stereocenters. The van der Waals surface area contributed by atoms with Crippen molar-refractivity contribution in [2.75, 3.05) is 0 Å². The molecule has 0 atom stereocenters. The molecule has 0 aromatic heterocycles. The van der Waals surface area contributed by atoms with Crippen LogP contribution in [0.15, 0.2) is 24.3 Å². The Morgan fingerprint density at radius 3 is 2.42 bits per heavy atom. The molecule has 1 aliphatic rings. The summed E-state index contributed by atoms with van der Waals surface area (Å²) in [6.45, 7) is 0. The van der Waals surface area contributed by atoms with Crippen molar-refractivity contribution in [3.05, 3.63) is 29.8 Å². The lowest BCUT2D eigenvalue weighted by molar-refractivity contribution is -0.147. The van der Waals surface area contributed by atoms with Crippen molar-refractivity contribution in [2.24, 2.45) is 0 Å². The van der Waals surface area contributed by atoms with Crippen molar-refractivity contribution in [1.29, 1.82) is 0 Å². The van der Waals surface area contributed by atoms with Gasteiger partial charge in [-0.25, -0.2) is 0 Å². The molecule has 0 aliphatic heterocycles. The SMILES string of the molecule is O=C(O)CC1(Oc2ccccc2C(F)(F)F)CCC1. The highest BCUT2D eigenvalue weighted by atomic mass is 19.4. The summed E-state index contributed by atoms with van der Waals surface area (Å²) in [5, 5.41) is 8.82. The summed E-state index contributed by atoms with van der Waals surface area (Å²) >= 11 is 0. The molecule has 19 heavy (non-hydrogen) atoms. The van der Waals surface area contributed by atoms with Gasteiger partial charge in [0.1, 0.15) is 11.4 Å². The van der Waals surface area contributed by atoms with E-state index in [2.05, 4.69) is 0 Å². The molecule has 1 aliphatic carbocycles. The zero-order chi connectivity index (χ0) is 14.1. The van der Waals surface area contributed by atoms with Crippen LogP contribution in [0.3, 0.4) is 0 Å². The van der Waals surface area contributed by atoms with E-state index in [9.17, 15) is 18.0 Å². The largest absolute Gasteiger partial charge is 0.486 e. The molecule has 0 spiro atoms. The fraction of sp³-hybridized carbons (Fsp3) is 0.462. The van der Waals surface area contributed by atoms with E-state index in [0.717, 1.165) is 12.5 Å². The van der Waals surface area contributed by atoms with Gasteiger partial charge in [-0.05, 0) is 31.4 Å². The standard InChI is InChI=1S/C13H13F3O3/c14-13(15,16)9-4-1-2-5-10(9)19-12(6-3-7-12)8-11(17)18/h1-2,4-5H,3,6-8H2,(H,17,18). The number of halogens is 3. The van der Waals surface area contributed by atoms with Gasteiger partial charge in [0.05, 0.1) is 12.0 Å². The van der Waals surface area contributed by atoms with E-state index in [4.69, 9.17) is 9.84 Å². The predicted molar refractivity (Wildman–Crippen MR) is 60.9 cm³/mol. The first kappa shape index (κ1) is 13.7. The molecule has 0 bridgehead atoms. The molecule has 0 radical (unpaired) electrons. The van der Waals surface area contributed by atoms with Crippen molar-refractivity contribution in [3.63, 3.8) is 0 Å². The smallest absolute Gasteiger partial charge is 0.419 e. The molecule has 2 rings (SSSR count). The van der Waals surface area contributed by atoms with E-state index in [1.165, 1.54) is 18.2 Å². The maximum absolute atomic E-state index is 12.8. The average Bonchev–Trinajstić information content (AvgIpc) is 2.24. The monoisotopic (exact) mass is 274 g/mol. The third-order valence-electron chi connectivity index (χ3n) is 3.26. The number of rotatable bonds is 4. The van der Waals surface area contributed by atoms with Crippen LogP contribution >= 0.6 is 0 Å². The topological polar surface area (TPSA) is 46.5 Å². The van der Waals surface area contributed by atoms with Crippen LogP contribution in [0.5, 0.6) is 5.75 Å². The highest BCUT2D eigenvalue weighted by Crippen LogP contribution is 2.43. The Kier molecular flexibility index (Phi) is 3.43. The van der Waals surface area contributed by atoms with Gasteiger partial charge >= 0.3 is 12.1 Å². The molecule has 1 N–H and O–H groups in total. The Labute approximate surface area is 108 Å². The Hall–Kier alpha value is -1.72. The van der Waals surface area contributed by atoms with Crippen molar-refractivity contribution in [1.82, 2.24) is 0 Å². The normalized spacial score (nSPS) is 17.6. The molecule has 1 aromatic rings. The summed E-state index contributed by atoms with van der Waals surface area (Å²) in [5.41, 5.74) is -1.86. The minimum Gasteiger partial charge on any atom is -0.486 e. The summed E-state index contributed by atoms with van der Waals surface area (Å²) in [6.07, 6.45) is -3.09. The number of hydrogen-bond donors (Lipinski definition) is 1. The molecular weight excluding hydrogens is 261 g/mol. The van der Waals surface area contributed by atoms with Crippen molar-refractivity contribution in [2.45, 2.75) is 37.5 Å². The number of carbonyl (C=O) groups is 1. The molecule has 0 amide bonds. The minimum atomic E-state index is -4.51. The van der Waals surface area contributed by atoms with Gasteiger partial charge in [0.25, 0.3) is 0 Å². The van der Waals surface area contributed by atoms with Gasteiger partial charge in [0.15, 0.2) is 0 Å². The average molecular weight is 274 g/mol. The lowest BCUT2D eigenvalue weighted by Crippen LogP contribution is -2.45. The van der Waals surface area contributed by atoms with Gasteiger partial charge < -0.3 is 9.84 Å². The van der Waals surface area contributed by atoms with E-state index in [-0.39, 0.29) is 12.2 Å². The number of carboxylic acids is 1. The third-order valence-corrected chi connectivity index (χ3v) is 3.26. The van der Waals surface area contributed by atoms with Crippen LogP contribution in [0.2, 0.25) is 0 Å².